The lowest BCUT2D eigenvalue weighted by molar-refractivity contribution is 0.171. The fourth-order valence-corrected chi connectivity index (χ4v) is 3.78. The van der Waals surface area contributed by atoms with Gasteiger partial charge < -0.3 is 15.0 Å². The lowest BCUT2D eigenvalue weighted by atomic mass is 9.91. The van der Waals surface area contributed by atoms with Gasteiger partial charge in [0.2, 0.25) is 0 Å². The van der Waals surface area contributed by atoms with Crippen LogP contribution >= 0.6 is 0 Å². The molecule has 2 fully saturated rings. The van der Waals surface area contributed by atoms with Gasteiger partial charge in [-0.25, -0.2) is 9.48 Å². The Hall–Kier alpha value is -2.34. The highest BCUT2D eigenvalue weighted by atomic mass is 16.5. The standard InChI is InChI=1S/C19H24N4O2/c1-14-3-4-17(23-8-2-7-20-23)11-18(14)21-19(24)22-9-5-15(12-22)16-6-10-25-13-16/h2-4,7-8,11,15-16H,5-6,9-10,12-13H2,1H3,(H,21,24)/t15-,16-/m1/s1. The van der Waals surface area contributed by atoms with E-state index in [1.54, 1.807) is 10.9 Å². The summed E-state index contributed by atoms with van der Waals surface area (Å²) >= 11 is 0. The van der Waals surface area contributed by atoms with Gasteiger partial charge in [0, 0.05) is 44.4 Å². The number of carbonyl (C=O) groups excluding carboxylic acids is 1. The molecule has 1 N–H and O–H groups in total. The normalized spacial score (nSPS) is 23.2. The van der Waals surface area contributed by atoms with E-state index < -0.39 is 0 Å². The molecule has 0 saturated carbocycles. The highest BCUT2D eigenvalue weighted by Gasteiger charge is 2.33. The van der Waals surface area contributed by atoms with E-state index in [2.05, 4.69) is 10.4 Å². The van der Waals surface area contributed by atoms with Gasteiger partial charge in [-0.3, -0.25) is 0 Å². The quantitative estimate of drug-likeness (QED) is 0.934. The van der Waals surface area contributed by atoms with Crippen LogP contribution in [0.3, 0.4) is 0 Å². The number of benzene rings is 1. The van der Waals surface area contributed by atoms with Crippen molar-refractivity contribution < 1.29 is 9.53 Å². The van der Waals surface area contributed by atoms with Crippen LogP contribution in [-0.2, 0) is 4.74 Å². The van der Waals surface area contributed by atoms with Crippen LogP contribution in [0.5, 0.6) is 0 Å². The van der Waals surface area contributed by atoms with E-state index in [9.17, 15) is 4.79 Å². The third-order valence-corrected chi connectivity index (χ3v) is 5.38. The van der Waals surface area contributed by atoms with Gasteiger partial charge in [0.15, 0.2) is 0 Å². The monoisotopic (exact) mass is 340 g/mol. The third-order valence-electron chi connectivity index (χ3n) is 5.38. The number of aryl methyl sites for hydroxylation is 1. The van der Waals surface area contributed by atoms with Gasteiger partial charge >= 0.3 is 6.03 Å². The number of anilines is 1. The summed E-state index contributed by atoms with van der Waals surface area (Å²) in [6, 6.07) is 7.86. The van der Waals surface area contributed by atoms with Crippen LogP contribution < -0.4 is 5.32 Å². The molecule has 0 radical (unpaired) electrons. The number of rotatable bonds is 3. The minimum atomic E-state index is -0.0119. The van der Waals surface area contributed by atoms with Crippen molar-refractivity contribution in [1.29, 1.82) is 0 Å². The highest BCUT2D eigenvalue weighted by Crippen LogP contribution is 2.30. The molecule has 0 bridgehead atoms. The van der Waals surface area contributed by atoms with Crippen LogP contribution in [0.2, 0.25) is 0 Å². The summed E-state index contributed by atoms with van der Waals surface area (Å²) in [5, 5.41) is 7.33. The molecule has 2 aliphatic rings. The van der Waals surface area contributed by atoms with Crippen LogP contribution in [0.25, 0.3) is 5.69 Å². The first kappa shape index (κ1) is 16.1. The lowest BCUT2D eigenvalue weighted by Gasteiger charge is -2.20. The molecule has 132 valence electrons. The van der Waals surface area contributed by atoms with E-state index in [-0.39, 0.29) is 6.03 Å². The molecule has 25 heavy (non-hydrogen) atoms. The Morgan fingerprint density at radius 1 is 1.32 bits per heavy atom. The molecule has 1 aromatic heterocycles. The van der Waals surface area contributed by atoms with Crippen molar-refractivity contribution in [3.63, 3.8) is 0 Å². The lowest BCUT2D eigenvalue weighted by Crippen LogP contribution is -2.34. The van der Waals surface area contributed by atoms with Crippen LogP contribution in [-0.4, -0.2) is 47.0 Å². The van der Waals surface area contributed by atoms with Crippen molar-refractivity contribution in [1.82, 2.24) is 14.7 Å². The second kappa shape index (κ2) is 6.88. The molecule has 0 spiro atoms. The molecule has 0 unspecified atom stereocenters. The van der Waals surface area contributed by atoms with E-state index in [0.29, 0.717) is 11.8 Å². The Balaban J connectivity index is 1.43. The summed E-state index contributed by atoms with van der Waals surface area (Å²) in [5.74, 6) is 1.19. The Labute approximate surface area is 147 Å². The SMILES string of the molecule is Cc1ccc(-n2cccn2)cc1NC(=O)N1CC[C@@H]([C@@H]2CCOC2)C1. The Kier molecular flexibility index (Phi) is 4.44. The maximum absolute atomic E-state index is 12.7. The number of nitrogens with zero attached hydrogens (tertiary/aromatic N) is 3. The molecule has 0 aliphatic carbocycles. The highest BCUT2D eigenvalue weighted by molar-refractivity contribution is 5.90. The molecule has 4 rings (SSSR count). The fraction of sp³-hybridized carbons (Fsp3) is 0.474. The van der Waals surface area contributed by atoms with E-state index in [1.807, 2.05) is 42.3 Å². The van der Waals surface area contributed by atoms with Gasteiger partial charge in [0.1, 0.15) is 0 Å². The number of nitrogens with one attached hydrogen (secondary N) is 1. The zero-order chi connectivity index (χ0) is 17.2. The molecule has 2 saturated heterocycles. The van der Waals surface area contributed by atoms with Crippen molar-refractivity contribution >= 4 is 11.7 Å². The van der Waals surface area contributed by atoms with Crippen LogP contribution in [0.4, 0.5) is 10.5 Å². The first-order chi connectivity index (χ1) is 12.2. The van der Waals surface area contributed by atoms with Gasteiger partial charge in [0.25, 0.3) is 0 Å². The smallest absolute Gasteiger partial charge is 0.321 e. The van der Waals surface area contributed by atoms with Crippen LogP contribution in [0, 0.1) is 18.8 Å². The number of ether oxygens (including phenoxy) is 1. The molecule has 1 aromatic carbocycles. The number of likely N-dealkylation sites (tertiary alicyclic amines) is 1. The third kappa shape index (κ3) is 3.39. The van der Waals surface area contributed by atoms with Gasteiger partial charge in [-0.15, -0.1) is 0 Å². The van der Waals surface area contributed by atoms with Gasteiger partial charge in [-0.1, -0.05) is 6.07 Å². The largest absolute Gasteiger partial charge is 0.381 e. The van der Waals surface area contributed by atoms with Gasteiger partial charge in [-0.2, -0.15) is 5.10 Å². The summed E-state index contributed by atoms with van der Waals surface area (Å²) in [6.07, 6.45) is 5.85. The number of hydrogen-bond donors (Lipinski definition) is 1. The van der Waals surface area contributed by atoms with Crippen LogP contribution in [0.1, 0.15) is 18.4 Å². The number of urea groups is 1. The molecule has 2 aliphatic heterocycles. The van der Waals surface area contributed by atoms with Crippen molar-refractivity contribution in [3.05, 3.63) is 42.2 Å². The molecule has 2 aromatic rings. The van der Waals surface area contributed by atoms with E-state index in [1.165, 1.54) is 0 Å². The molecule has 3 heterocycles. The molecule has 2 amide bonds. The number of aromatic nitrogens is 2. The average Bonchev–Trinajstić information content (AvgIpc) is 3.37. The number of amides is 2. The summed E-state index contributed by atoms with van der Waals surface area (Å²) in [5.41, 5.74) is 2.82. The average molecular weight is 340 g/mol. The first-order valence-corrected chi connectivity index (χ1v) is 8.95. The predicted molar refractivity (Wildman–Crippen MR) is 95.9 cm³/mol. The zero-order valence-electron chi connectivity index (χ0n) is 14.5. The van der Waals surface area contributed by atoms with Crippen LogP contribution in [0.15, 0.2) is 36.7 Å². The number of carbonyl (C=O) groups is 1. The minimum absolute atomic E-state index is 0.0119. The van der Waals surface area contributed by atoms with Crippen molar-refractivity contribution in [3.8, 4) is 5.69 Å². The van der Waals surface area contributed by atoms with E-state index in [0.717, 1.165) is 56.1 Å². The second-order valence-electron chi connectivity index (χ2n) is 7.00. The predicted octanol–water partition coefficient (Wildman–Crippen LogP) is 3.07. The first-order valence-electron chi connectivity index (χ1n) is 8.95. The maximum Gasteiger partial charge on any atom is 0.321 e. The van der Waals surface area contributed by atoms with E-state index >= 15 is 0 Å². The van der Waals surface area contributed by atoms with Gasteiger partial charge in [0.05, 0.1) is 5.69 Å². The summed E-state index contributed by atoms with van der Waals surface area (Å²) in [6.45, 7) is 5.38. The fourth-order valence-electron chi connectivity index (χ4n) is 3.78. The number of hydrogen-bond acceptors (Lipinski definition) is 3. The van der Waals surface area contributed by atoms with Crippen molar-refractivity contribution in [2.75, 3.05) is 31.6 Å². The topological polar surface area (TPSA) is 59.4 Å². The summed E-state index contributed by atoms with van der Waals surface area (Å²) < 4.78 is 7.29. The second-order valence-corrected chi connectivity index (χ2v) is 7.00. The van der Waals surface area contributed by atoms with Crippen molar-refractivity contribution in [2.45, 2.75) is 19.8 Å². The molecule has 6 nitrogen and oxygen atoms in total. The summed E-state index contributed by atoms with van der Waals surface area (Å²) in [7, 11) is 0. The summed E-state index contributed by atoms with van der Waals surface area (Å²) in [4.78, 5) is 14.6. The maximum atomic E-state index is 12.7. The molecular formula is C19H24N4O2. The zero-order valence-corrected chi connectivity index (χ0v) is 14.5. The molecule has 6 heteroatoms. The molecule has 2 atom stereocenters. The van der Waals surface area contributed by atoms with E-state index in [4.69, 9.17) is 4.74 Å². The Morgan fingerprint density at radius 2 is 2.24 bits per heavy atom. The Bertz CT molecular complexity index is 738. The minimum Gasteiger partial charge on any atom is -0.381 e. The van der Waals surface area contributed by atoms with Gasteiger partial charge in [-0.05, 0) is 55.4 Å². The molecular weight excluding hydrogens is 316 g/mol. The van der Waals surface area contributed by atoms with Crippen molar-refractivity contribution in [2.24, 2.45) is 11.8 Å². The Morgan fingerprint density at radius 3 is 3.00 bits per heavy atom.